The van der Waals surface area contributed by atoms with E-state index < -0.39 is 0 Å². The van der Waals surface area contributed by atoms with Crippen molar-refractivity contribution in [1.29, 1.82) is 0 Å². The summed E-state index contributed by atoms with van der Waals surface area (Å²) in [7, 11) is 0. The SMILES string of the molecule is CC(C)Oc1ccccc1Nc1ccc(NC(=O)Cc2ccc(F)cc2)nn1. The van der Waals surface area contributed by atoms with E-state index in [2.05, 4.69) is 20.8 Å². The van der Waals surface area contributed by atoms with Crippen molar-refractivity contribution >= 4 is 23.2 Å². The van der Waals surface area contributed by atoms with Crippen LogP contribution in [0.1, 0.15) is 19.4 Å². The first-order valence-electron chi connectivity index (χ1n) is 8.90. The van der Waals surface area contributed by atoms with Crippen LogP contribution in [0.2, 0.25) is 0 Å². The predicted molar refractivity (Wildman–Crippen MR) is 106 cm³/mol. The number of rotatable bonds is 7. The molecule has 28 heavy (non-hydrogen) atoms. The first kappa shape index (κ1) is 19.3. The molecular formula is C21H21FN4O2. The fourth-order valence-corrected chi connectivity index (χ4v) is 2.50. The zero-order chi connectivity index (χ0) is 19.9. The molecule has 2 N–H and O–H groups in total. The molecule has 0 atom stereocenters. The number of ether oxygens (including phenoxy) is 1. The molecule has 7 heteroatoms. The average Bonchev–Trinajstić information content (AvgIpc) is 2.66. The van der Waals surface area contributed by atoms with Crippen LogP contribution in [0.25, 0.3) is 0 Å². The number of benzene rings is 2. The van der Waals surface area contributed by atoms with Gasteiger partial charge in [-0.3, -0.25) is 4.79 Å². The zero-order valence-electron chi connectivity index (χ0n) is 15.6. The Morgan fingerprint density at radius 1 is 1.00 bits per heavy atom. The molecule has 1 amide bonds. The Morgan fingerprint density at radius 2 is 1.68 bits per heavy atom. The molecule has 0 saturated carbocycles. The molecule has 1 heterocycles. The third kappa shape index (κ3) is 5.51. The molecule has 0 fully saturated rings. The summed E-state index contributed by atoms with van der Waals surface area (Å²) in [6.07, 6.45) is 0.176. The lowest BCUT2D eigenvalue weighted by atomic mass is 10.1. The second kappa shape index (κ2) is 8.94. The van der Waals surface area contributed by atoms with Crippen LogP contribution in [0.4, 0.5) is 21.7 Å². The van der Waals surface area contributed by atoms with Gasteiger partial charge in [0.1, 0.15) is 11.6 Å². The molecule has 3 aromatic rings. The lowest BCUT2D eigenvalue weighted by Gasteiger charge is -2.15. The Labute approximate surface area is 162 Å². The Balaban J connectivity index is 1.61. The Hall–Kier alpha value is -3.48. The van der Waals surface area contributed by atoms with Crippen LogP contribution >= 0.6 is 0 Å². The maximum Gasteiger partial charge on any atom is 0.229 e. The van der Waals surface area contributed by atoms with Crippen LogP contribution in [-0.4, -0.2) is 22.2 Å². The molecule has 0 aliphatic carbocycles. The zero-order valence-corrected chi connectivity index (χ0v) is 15.6. The number of anilines is 3. The smallest absolute Gasteiger partial charge is 0.229 e. The predicted octanol–water partition coefficient (Wildman–Crippen LogP) is 4.33. The molecule has 144 valence electrons. The van der Waals surface area contributed by atoms with Gasteiger partial charge < -0.3 is 15.4 Å². The van der Waals surface area contributed by atoms with Gasteiger partial charge in [0.25, 0.3) is 0 Å². The molecule has 0 saturated heterocycles. The monoisotopic (exact) mass is 380 g/mol. The van der Waals surface area contributed by atoms with Gasteiger partial charge in [-0.2, -0.15) is 0 Å². The van der Waals surface area contributed by atoms with Gasteiger partial charge in [0, 0.05) is 0 Å². The van der Waals surface area contributed by atoms with E-state index in [1.807, 2.05) is 38.1 Å². The maximum absolute atomic E-state index is 12.9. The van der Waals surface area contributed by atoms with Gasteiger partial charge >= 0.3 is 0 Å². The highest BCUT2D eigenvalue weighted by molar-refractivity contribution is 5.91. The summed E-state index contributed by atoms with van der Waals surface area (Å²) in [6.45, 7) is 3.92. The molecule has 2 aromatic carbocycles. The number of para-hydroxylation sites is 2. The van der Waals surface area contributed by atoms with Gasteiger partial charge in [-0.1, -0.05) is 24.3 Å². The second-order valence-corrected chi connectivity index (χ2v) is 6.44. The summed E-state index contributed by atoms with van der Waals surface area (Å²) in [4.78, 5) is 12.1. The number of nitrogens with zero attached hydrogens (tertiary/aromatic N) is 2. The van der Waals surface area contributed by atoms with E-state index in [0.717, 1.165) is 11.4 Å². The third-order valence-corrected chi connectivity index (χ3v) is 3.72. The van der Waals surface area contributed by atoms with Crippen molar-refractivity contribution in [1.82, 2.24) is 10.2 Å². The van der Waals surface area contributed by atoms with Gasteiger partial charge in [-0.25, -0.2) is 4.39 Å². The highest BCUT2D eigenvalue weighted by atomic mass is 19.1. The molecule has 0 aliphatic heterocycles. The summed E-state index contributed by atoms with van der Waals surface area (Å²) in [5, 5.41) is 13.9. The van der Waals surface area contributed by atoms with Crippen molar-refractivity contribution < 1.29 is 13.9 Å². The Morgan fingerprint density at radius 3 is 2.36 bits per heavy atom. The van der Waals surface area contributed by atoms with Gasteiger partial charge in [-0.05, 0) is 55.8 Å². The number of amides is 1. The normalized spacial score (nSPS) is 10.6. The molecule has 0 spiro atoms. The average molecular weight is 380 g/mol. The first-order chi connectivity index (χ1) is 13.5. The van der Waals surface area contributed by atoms with Gasteiger partial charge in [0.2, 0.25) is 5.91 Å². The van der Waals surface area contributed by atoms with E-state index in [4.69, 9.17) is 4.74 Å². The van der Waals surface area contributed by atoms with Gasteiger partial charge in [0.05, 0.1) is 18.2 Å². The Bertz CT molecular complexity index is 928. The van der Waals surface area contributed by atoms with Crippen LogP contribution in [-0.2, 0) is 11.2 Å². The van der Waals surface area contributed by atoms with E-state index in [-0.39, 0.29) is 24.2 Å². The summed E-state index contributed by atoms with van der Waals surface area (Å²) in [6, 6.07) is 16.7. The first-order valence-corrected chi connectivity index (χ1v) is 8.90. The minimum absolute atomic E-state index is 0.0488. The highest BCUT2D eigenvalue weighted by Gasteiger charge is 2.08. The summed E-state index contributed by atoms with van der Waals surface area (Å²) in [5.41, 5.74) is 1.49. The van der Waals surface area contributed by atoms with E-state index >= 15 is 0 Å². The van der Waals surface area contributed by atoms with Crippen molar-refractivity contribution in [3.8, 4) is 5.75 Å². The van der Waals surface area contributed by atoms with Crippen molar-refractivity contribution in [2.45, 2.75) is 26.4 Å². The van der Waals surface area contributed by atoms with Crippen molar-refractivity contribution in [3.63, 3.8) is 0 Å². The number of nitrogens with one attached hydrogen (secondary N) is 2. The van der Waals surface area contributed by atoms with Crippen LogP contribution in [0.5, 0.6) is 5.75 Å². The molecule has 3 rings (SSSR count). The third-order valence-electron chi connectivity index (χ3n) is 3.72. The lowest BCUT2D eigenvalue weighted by Crippen LogP contribution is -2.15. The van der Waals surface area contributed by atoms with Crippen molar-refractivity contribution in [2.75, 3.05) is 10.6 Å². The van der Waals surface area contributed by atoms with E-state index in [1.54, 1.807) is 24.3 Å². The highest BCUT2D eigenvalue weighted by Crippen LogP contribution is 2.27. The minimum atomic E-state index is -0.335. The quantitative estimate of drug-likeness (QED) is 0.638. The van der Waals surface area contributed by atoms with Crippen LogP contribution < -0.4 is 15.4 Å². The number of halogens is 1. The largest absolute Gasteiger partial charge is 0.489 e. The topological polar surface area (TPSA) is 76.1 Å². The van der Waals surface area contributed by atoms with Gasteiger partial charge in [-0.15, -0.1) is 10.2 Å². The van der Waals surface area contributed by atoms with Crippen LogP contribution in [0.15, 0.2) is 60.7 Å². The van der Waals surface area contributed by atoms with E-state index in [1.165, 1.54) is 12.1 Å². The lowest BCUT2D eigenvalue weighted by molar-refractivity contribution is -0.115. The molecule has 0 unspecified atom stereocenters. The molecule has 1 aromatic heterocycles. The van der Waals surface area contributed by atoms with Crippen molar-refractivity contribution in [2.24, 2.45) is 0 Å². The second-order valence-electron chi connectivity index (χ2n) is 6.44. The summed E-state index contributed by atoms with van der Waals surface area (Å²) >= 11 is 0. The van der Waals surface area contributed by atoms with Crippen LogP contribution in [0.3, 0.4) is 0 Å². The number of aromatic nitrogens is 2. The standard InChI is InChI=1S/C21H21FN4O2/c1-14(2)28-18-6-4-3-5-17(18)23-19-11-12-20(26-25-19)24-21(27)13-15-7-9-16(22)10-8-15/h3-12,14H,13H2,1-2H3,(H,23,25)(H,24,26,27). The summed E-state index contributed by atoms with van der Waals surface area (Å²) in [5.74, 6) is 0.993. The van der Waals surface area contributed by atoms with E-state index in [0.29, 0.717) is 17.2 Å². The number of carbonyl (C=O) groups is 1. The van der Waals surface area contributed by atoms with E-state index in [9.17, 15) is 9.18 Å². The fraction of sp³-hybridized carbons (Fsp3) is 0.190. The number of carbonyl (C=O) groups excluding carboxylic acids is 1. The minimum Gasteiger partial charge on any atom is -0.489 e. The molecular weight excluding hydrogens is 359 g/mol. The number of hydrogen-bond donors (Lipinski definition) is 2. The Kier molecular flexibility index (Phi) is 6.16. The van der Waals surface area contributed by atoms with Crippen LogP contribution in [0, 0.1) is 5.82 Å². The molecule has 0 aliphatic rings. The fourth-order valence-electron chi connectivity index (χ4n) is 2.50. The molecule has 6 nitrogen and oxygen atoms in total. The van der Waals surface area contributed by atoms with Crippen molar-refractivity contribution in [3.05, 3.63) is 72.0 Å². The molecule has 0 radical (unpaired) electrons. The van der Waals surface area contributed by atoms with Gasteiger partial charge in [0.15, 0.2) is 11.6 Å². The summed E-state index contributed by atoms with van der Waals surface area (Å²) < 4.78 is 18.7. The number of hydrogen-bond acceptors (Lipinski definition) is 5. The maximum atomic E-state index is 12.9. The molecule has 0 bridgehead atoms.